The summed E-state index contributed by atoms with van der Waals surface area (Å²) in [5, 5.41) is 0. The van der Waals surface area contributed by atoms with E-state index in [1.807, 2.05) is 0 Å². The van der Waals surface area contributed by atoms with Crippen molar-refractivity contribution in [3.63, 3.8) is 0 Å². The molecule has 0 aliphatic carbocycles. The molecule has 6 nitrogen and oxygen atoms in total. The molecule has 0 aromatic heterocycles. The second-order valence-electron chi connectivity index (χ2n) is 5.81. The van der Waals surface area contributed by atoms with Crippen LogP contribution < -0.4 is 4.72 Å². The summed E-state index contributed by atoms with van der Waals surface area (Å²) in [6.07, 6.45) is 1.36. The lowest BCUT2D eigenvalue weighted by Crippen LogP contribution is -2.52. The second kappa shape index (κ2) is 6.19. The van der Waals surface area contributed by atoms with Crippen molar-refractivity contribution in [2.24, 2.45) is 5.92 Å². The maximum absolute atomic E-state index is 12.2. The third-order valence-electron chi connectivity index (χ3n) is 2.78. The smallest absolute Gasteiger partial charge is 0.310 e. The summed E-state index contributed by atoms with van der Waals surface area (Å²) in [5.41, 5.74) is -0.532. The lowest BCUT2D eigenvalue weighted by molar-refractivity contribution is -0.149. The SMILES string of the molecule is CCOC(=O)[C@H]1CCCN(S(=O)(=O)NC(C)(C)C)C1. The number of piperidine rings is 1. The topological polar surface area (TPSA) is 75.7 Å². The van der Waals surface area contributed by atoms with Crippen LogP contribution in [0, 0.1) is 5.92 Å². The van der Waals surface area contributed by atoms with Gasteiger partial charge in [-0.2, -0.15) is 17.4 Å². The third-order valence-corrected chi connectivity index (χ3v) is 4.66. The molecule has 112 valence electrons. The first-order valence-electron chi connectivity index (χ1n) is 6.61. The summed E-state index contributed by atoms with van der Waals surface area (Å²) in [5.74, 6) is -0.664. The van der Waals surface area contributed by atoms with E-state index in [2.05, 4.69) is 4.72 Å². The molecule has 0 saturated carbocycles. The molecule has 1 heterocycles. The van der Waals surface area contributed by atoms with Crippen LogP contribution in [0.1, 0.15) is 40.5 Å². The Morgan fingerprint density at radius 2 is 2.05 bits per heavy atom. The Morgan fingerprint density at radius 3 is 2.58 bits per heavy atom. The highest BCUT2D eigenvalue weighted by atomic mass is 32.2. The number of carbonyl (C=O) groups excluding carboxylic acids is 1. The molecule has 1 N–H and O–H groups in total. The standard InChI is InChI=1S/C12H24N2O4S/c1-5-18-11(15)10-7-6-8-14(9-10)19(16,17)13-12(2,3)4/h10,13H,5-9H2,1-4H3/t10-/m0/s1. The van der Waals surface area contributed by atoms with Crippen molar-refractivity contribution in [3.05, 3.63) is 0 Å². The van der Waals surface area contributed by atoms with Gasteiger partial charge in [-0.1, -0.05) is 0 Å². The maximum Gasteiger partial charge on any atom is 0.310 e. The Bertz CT molecular complexity index is 414. The van der Waals surface area contributed by atoms with Crippen LogP contribution in [0.25, 0.3) is 0 Å². The molecule has 0 bridgehead atoms. The summed E-state index contributed by atoms with van der Waals surface area (Å²) in [6.45, 7) is 8.08. The number of nitrogens with zero attached hydrogens (tertiary/aromatic N) is 1. The Morgan fingerprint density at radius 1 is 1.42 bits per heavy atom. The van der Waals surface area contributed by atoms with Gasteiger partial charge in [0.2, 0.25) is 0 Å². The van der Waals surface area contributed by atoms with Gasteiger partial charge in [-0.25, -0.2) is 0 Å². The van der Waals surface area contributed by atoms with Crippen molar-refractivity contribution in [1.29, 1.82) is 0 Å². The molecular weight excluding hydrogens is 268 g/mol. The highest BCUT2D eigenvalue weighted by molar-refractivity contribution is 7.87. The number of rotatable bonds is 4. The van der Waals surface area contributed by atoms with Crippen LogP contribution in [0.2, 0.25) is 0 Å². The minimum absolute atomic E-state index is 0.199. The molecule has 1 rings (SSSR count). The molecule has 0 radical (unpaired) electrons. The number of carbonyl (C=O) groups is 1. The highest BCUT2D eigenvalue weighted by Gasteiger charge is 2.34. The average molecular weight is 292 g/mol. The molecule has 0 aromatic rings. The Labute approximate surface area is 115 Å². The number of ether oxygens (including phenoxy) is 1. The molecule has 1 saturated heterocycles. The lowest BCUT2D eigenvalue weighted by atomic mass is 10.0. The first kappa shape index (κ1) is 16.4. The van der Waals surface area contributed by atoms with E-state index in [9.17, 15) is 13.2 Å². The molecule has 19 heavy (non-hydrogen) atoms. The largest absolute Gasteiger partial charge is 0.466 e. The van der Waals surface area contributed by atoms with Crippen molar-refractivity contribution in [2.45, 2.75) is 46.1 Å². The van der Waals surface area contributed by atoms with Crippen LogP contribution >= 0.6 is 0 Å². The van der Waals surface area contributed by atoms with Gasteiger partial charge in [-0.15, -0.1) is 0 Å². The van der Waals surface area contributed by atoms with E-state index in [1.165, 1.54) is 4.31 Å². The molecule has 1 aliphatic heterocycles. The van der Waals surface area contributed by atoms with Gasteiger partial charge in [0.25, 0.3) is 10.2 Å². The van der Waals surface area contributed by atoms with Crippen LogP contribution in [0.15, 0.2) is 0 Å². The Balaban J connectivity index is 2.71. The van der Waals surface area contributed by atoms with Gasteiger partial charge >= 0.3 is 5.97 Å². The molecule has 0 amide bonds. The van der Waals surface area contributed by atoms with Crippen LogP contribution in [0.5, 0.6) is 0 Å². The first-order valence-corrected chi connectivity index (χ1v) is 8.05. The van der Waals surface area contributed by atoms with Gasteiger partial charge in [0.1, 0.15) is 0 Å². The van der Waals surface area contributed by atoms with Gasteiger partial charge in [0.15, 0.2) is 0 Å². The summed E-state index contributed by atoms with van der Waals surface area (Å²) in [7, 11) is -3.55. The van der Waals surface area contributed by atoms with Gasteiger partial charge in [-0.3, -0.25) is 4.79 Å². The van der Waals surface area contributed by atoms with Crippen molar-refractivity contribution in [3.8, 4) is 0 Å². The van der Waals surface area contributed by atoms with Gasteiger partial charge in [0, 0.05) is 18.6 Å². The first-order chi connectivity index (χ1) is 8.65. The zero-order valence-electron chi connectivity index (χ0n) is 12.1. The van der Waals surface area contributed by atoms with Crippen LogP contribution in [0.3, 0.4) is 0 Å². The van der Waals surface area contributed by atoms with E-state index in [-0.39, 0.29) is 18.4 Å². The van der Waals surface area contributed by atoms with Gasteiger partial charge in [-0.05, 0) is 40.5 Å². The van der Waals surface area contributed by atoms with Gasteiger partial charge in [0.05, 0.1) is 12.5 Å². The summed E-state index contributed by atoms with van der Waals surface area (Å²) < 4.78 is 33.3. The summed E-state index contributed by atoms with van der Waals surface area (Å²) in [6, 6.07) is 0. The molecule has 1 fully saturated rings. The van der Waals surface area contributed by atoms with Crippen LogP contribution in [0.4, 0.5) is 0 Å². The molecule has 0 aromatic carbocycles. The fourth-order valence-electron chi connectivity index (χ4n) is 2.06. The van der Waals surface area contributed by atoms with E-state index in [0.717, 1.165) is 0 Å². The predicted molar refractivity (Wildman–Crippen MR) is 72.7 cm³/mol. The summed E-state index contributed by atoms with van der Waals surface area (Å²) in [4.78, 5) is 11.7. The average Bonchev–Trinajstić information content (AvgIpc) is 2.26. The van der Waals surface area contributed by atoms with Crippen molar-refractivity contribution >= 4 is 16.2 Å². The highest BCUT2D eigenvalue weighted by Crippen LogP contribution is 2.20. The third kappa shape index (κ3) is 5.08. The van der Waals surface area contributed by atoms with Crippen LogP contribution in [-0.2, 0) is 19.7 Å². The van der Waals surface area contributed by atoms with Gasteiger partial charge < -0.3 is 4.74 Å². The minimum atomic E-state index is -3.55. The number of esters is 1. The molecule has 7 heteroatoms. The number of hydrogen-bond donors (Lipinski definition) is 1. The zero-order chi connectivity index (χ0) is 14.7. The summed E-state index contributed by atoms with van der Waals surface area (Å²) >= 11 is 0. The second-order valence-corrected chi connectivity index (χ2v) is 7.48. The van der Waals surface area contributed by atoms with E-state index in [4.69, 9.17) is 4.74 Å². The quantitative estimate of drug-likeness (QED) is 0.781. The fourth-order valence-corrected chi connectivity index (χ4v) is 3.71. The van der Waals surface area contributed by atoms with Crippen molar-refractivity contribution in [1.82, 2.24) is 9.03 Å². The normalized spacial score (nSPS) is 22.2. The lowest BCUT2D eigenvalue weighted by Gasteiger charge is -2.33. The van der Waals surface area contributed by atoms with E-state index in [1.54, 1.807) is 27.7 Å². The van der Waals surface area contributed by atoms with Crippen LogP contribution in [-0.4, -0.2) is 43.9 Å². The molecule has 0 unspecified atom stereocenters. The molecule has 1 aliphatic rings. The monoisotopic (exact) mass is 292 g/mol. The van der Waals surface area contributed by atoms with Crippen molar-refractivity contribution < 1.29 is 17.9 Å². The maximum atomic E-state index is 12.2. The molecular formula is C12H24N2O4S. The van der Waals surface area contributed by atoms with Crippen molar-refractivity contribution in [2.75, 3.05) is 19.7 Å². The van der Waals surface area contributed by atoms with E-state index < -0.39 is 15.7 Å². The zero-order valence-corrected chi connectivity index (χ0v) is 12.9. The molecule has 1 atom stereocenters. The van der Waals surface area contributed by atoms with E-state index >= 15 is 0 Å². The predicted octanol–water partition coefficient (Wildman–Crippen LogP) is 0.894. The molecule has 0 spiro atoms. The Hall–Kier alpha value is -0.660. The Kier molecular flexibility index (Phi) is 5.34. The fraction of sp³-hybridized carbons (Fsp3) is 0.917. The number of nitrogens with one attached hydrogen (secondary N) is 1. The number of hydrogen-bond acceptors (Lipinski definition) is 4. The van der Waals surface area contributed by atoms with E-state index in [0.29, 0.717) is 26.0 Å². The minimum Gasteiger partial charge on any atom is -0.466 e.